The van der Waals surface area contributed by atoms with E-state index < -0.39 is 0 Å². The van der Waals surface area contributed by atoms with Crippen LogP contribution >= 0.6 is 11.6 Å². The molecule has 0 radical (unpaired) electrons. The van der Waals surface area contributed by atoms with Gasteiger partial charge in [-0.05, 0) is 49.6 Å². The van der Waals surface area contributed by atoms with Crippen LogP contribution in [0.1, 0.15) is 31.5 Å². The molecule has 23 heavy (non-hydrogen) atoms. The number of allylic oxidation sites excluding steroid dienone is 4. The summed E-state index contributed by atoms with van der Waals surface area (Å²) in [6.07, 6.45) is 7.44. The maximum Gasteiger partial charge on any atom is 0.129 e. The summed E-state index contributed by atoms with van der Waals surface area (Å²) in [5.74, 6) is 0. The minimum Gasteiger partial charge on any atom is -0.251 e. The van der Waals surface area contributed by atoms with Gasteiger partial charge in [-0.25, -0.2) is 4.98 Å². The van der Waals surface area contributed by atoms with Gasteiger partial charge >= 0.3 is 0 Å². The number of pyridine rings is 2. The van der Waals surface area contributed by atoms with Crippen molar-refractivity contribution >= 4 is 39.0 Å². The number of fused-ring (bicyclic) bond motifs is 3. The Morgan fingerprint density at radius 1 is 1.13 bits per heavy atom. The summed E-state index contributed by atoms with van der Waals surface area (Å²) >= 11 is 6.10. The number of aromatic nitrogens is 2. The van der Waals surface area contributed by atoms with Crippen LogP contribution in [0.15, 0.2) is 48.6 Å². The van der Waals surface area contributed by atoms with E-state index in [0.29, 0.717) is 5.15 Å². The zero-order valence-corrected chi connectivity index (χ0v) is 14.4. The average Bonchev–Trinajstić information content (AvgIpc) is 2.54. The van der Waals surface area contributed by atoms with Gasteiger partial charge in [0.1, 0.15) is 5.15 Å². The van der Waals surface area contributed by atoms with Crippen molar-refractivity contribution < 1.29 is 0 Å². The van der Waals surface area contributed by atoms with E-state index in [4.69, 9.17) is 16.6 Å². The molecule has 0 spiro atoms. The Labute approximate surface area is 141 Å². The van der Waals surface area contributed by atoms with Crippen molar-refractivity contribution in [2.45, 2.75) is 27.2 Å². The number of hydrogen-bond donors (Lipinski definition) is 0. The number of halogens is 1. The minimum atomic E-state index is 0.493. The zero-order chi connectivity index (χ0) is 16.4. The van der Waals surface area contributed by atoms with Crippen LogP contribution < -0.4 is 0 Å². The molecule has 3 rings (SSSR count). The second-order valence-electron chi connectivity index (χ2n) is 5.55. The average molecular weight is 323 g/mol. The monoisotopic (exact) mass is 322 g/mol. The minimum absolute atomic E-state index is 0.493. The lowest BCUT2D eigenvalue weighted by molar-refractivity contribution is 1.22. The zero-order valence-electron chi connectivity index (χ0n) is 13.6. The Balaban J connectivity index is 2.42. The summed E-state index contributed by atoms with van der Waals surface area (Å²) in [5, 5.41) is 2.65. The number of rotatable bonds is 3. The molecule has 1 aromatic carbocycles. The summed E-state index contributed by atoms with van der Waals surface area (Å²) in [7, 11) is 0. The molecule has 2 nitrogen and oxygen atoms in total. The number of benzene rings is 1. The molecular weight excluding hydrogens is 304 g/mol. The van der Waals surface area contributed by atoms with E-state index in [9.17, 15) is 0 Å². The van der Waals surface area contributed by atoms with Crippen molar-refractivity contribution in [1.29, 1.82) is 0 Å². The second-order valence-corrected chi connectivity index (χ2v) is 5.93. The lowest BCUT2D eigenvalue weighted by Crippen LogP contribution is -1.93. The standard InChI is InChI=1S/C20H19ClN2/c1-4-6-14(7-5-2)17-12-13(3)22-20-16(17)10-8-15-9-11-18(21)23-19(15)20/h4,6-12H,5H2,1-3H3/b6-4-,14-7+. The molecule has 0 aliphatic carbocycles. The van der Waals surface area contributed by atoms with Gasteiger partial charge in [-0.3, -0.25) is 4.98 Å². The highest BCUT2D eigenvalue weighted by atomic mass is 35.5. The van der Waals surface area contributed by atoms with Gasteiger partial charge in [-0.2, -0.15) is 0 Å². The number of nitrogens with zero attached hydrogens (tertiary/aromatic N) is 2. The first-order valence-corrected chi connectivity index (χ1v) is 8.21. The van der Waals surface area contributed by atoms with E-state index in [1.807, 2.05) is 26.0 Å². The molecule has 3 heteroatoms. The molecule has 0 amide bonds. The van der Waals surface area contributed by atoms with Crippen molar-refractivity contribution in [2.75, 3.05) is 0 Å². The SMILES string of the molecule is C/C=C\C(=C/CC)c1cc(C)nc2c1ccc1ccc(Cl)nc12. The molecular formula is C20H19ClN2. The Morgan fingerprint density at radius 3 is 2.65 bits per heavy atom. The molecule has 0 atom stereocenters. The Kier molecular flexibility index (Phi) is 4.44. The first-order valence-electron chi connectivity index (χ1n) is 7.84. The van der Waals surface area contributed by atoms with Gasteiger partial charge in [0.15, 0.2) is 0 Å². The molecule has 0 saturated carbocycles. The molecule has 2 aromatic heterocycles. The molecule has 0 bridgehead atoms. The third-order valence-electron chi connectivity index (χ3n) is 3.81. The van der Waals surface area contributed by atoms with Crippen molar-refractivity contribution in [1.82, 2.24) is 9.97 Å². The van der Waals surface area contributed by atoms with Crippen LogP contribution in [0.3, 0.4) is 0 Å². The molecule has 0 fully saturated rings. The lowest BCUT2D eigenvalue weighted by Gasteiger charge is -2.11. The summed E-state index contributed by atoms with van der Waals surface area (Å²) in [4.78, 5) is 9.24. The van der Waals surface area contributed by atoms with Gasteiger partial charge < -0.3 is 0 Å². The van der Waals surface area contributed by atoms with Gasteiger partial charge in [0.25, 0.3) is 0 Å². The van der Waals surface area contributed by atoms with E-state index in [0.717, 1.165) is 33.9 Å². The maximum atomic E-state index is 6.10. The van der Waals surface area contributed by atoms with E-state index in [1.54, 1.807) is 0 Å². The number of hydrogen-bond acceptors (Lipinski definition) is 2. The van der Waals surface area contributed by atoms with Crippen molar-refractivity contribution in [2.24, 2.45) is 0 Å². The summed E-state index contributed by atoms with van der Waals surface area (Å²) in [6, 6.07) is 10.2. The molecule has 0 unspecified atom stereocenters. The third kappa shape index (κ3) is 2.99. The van der Waals surface area contributed by atoms with Crippen LogP contribution in [0.25, 0.3) is 27.4 Å². The Morgan fingerprint density at radius 2 is 1.91 bits per heavy atom. The largest absolute Gasteiger partial charge is 0.251 e. The van der Waals surface area contributed by atoms with Crippen LogP contribution in [0, 0.1) is 6.92 Å². The molecule has 0 N–H and O–H groups in total. The van der Waals surface area contributed by atoms with Gasteiger partial charge in [0.2, 0.25) is 0 Å². The van der Waals surface area contributed by atoms with Crippen molar-refractivity contribution in [3.63, 3.8) is 0 Å². The van der Waals surface area contributed by atoms with Gasteiger partial charge in [0.05, 0.1) is 11.0 Å². The van der Waals surface area contributed by atoms with Gasteiger partial charge in [-0.1, -0.05) is 48.9 Å². The maximum absolute atomic E-state index is 6.10. The van der Waals surface area contributed by atoms with E-state index >= 15 is 0 Å². The summed E-state index contributed by atoms with van der Waals surface area (Å²) in [6.45, 7) is 6.21. The first kappa shape index (κ1) is 15.7. The highest BCUT2D eigenvalue weighted by molar-refractivity contribution is 6.30. The van der Waals surface area contributed by atoms with E-state index in [-0.39, 0.29) is 0 Å². The van der Waals surface area contributed by atoms with Crippen molar-refractivity contribution in [3.8, 4) is 0 Å². The van der Waals surface area contributed by atoms with Crippen molar-refractivity contribution in [3.05, 3.63) is 65.0 Å². The van der Waals surface area contributed by atoms with Crippen LogP contribution in [0.2, 0.25) is 5.15 Å². The third-order valence-corrected chi connectivity index (χ3v) is 4.02. The summed E-state index contributed by atoms with van der Waals surface area (Å²) < 4.78 is 0. The highest BCUT2D eigenvalue weighted by Crippen LogP contribution is 2.31. The van der Waals surface area contributed by atoms with Crippen LogP contribution in [0.4, 0.5) is 0 Å². The fourth-order valence-corrected chi connectivity index (χ4v) is 3.03. The molecule has 0 saturated heterocycles. The molecule has 0 aliphatic rings. The topological polar surface area (TPSA) is 25.8 Å². The molecule has 3 aromatic rings. The lowest BCUT2D eigenvalue weighted by atomic mass is 9.97. The van der Waals surface area contributed by atoms with Gasteiger partial charge in [-0.15, -0.1) is 0 Å². The highest BCUT2D eigenvalue weighted by Gasteiger charge is 2.11. The predicted octanol–water partition coefficient (Wildman–Crippen LogP) is 6.11. The smallest absolute Gasteiger partial charge is 0.129 e. The van der Waals surface area contributed by atoms with Gasteiger partial charge in [0, 0.05) is 16.5 Å². The van der Waals surface area contributed by atoms with Crippen LogP contribution in [0.5, 0.6) is 0 Å². The fraction of sp³-hybridized carbons (Fsp3) is 0.200. The second kappa shape index (κ2) is 6.51. The summed E-state index contributed by atoms with van der Waals surface area (Å²) in [5.41, 5.74) is 5.15. The van der Waals surface area contributed by atoms with Crippen LogP contribution in [-0.4, -0.2) is 9.97 Å². The number of aryl methyl sites for hydroxylation is 1. The molecule has 2 heterocycles. The quantitative estimate of drug-likeness (QED) is 0.330. The Bertz CT molecular complexity index is 939. The molecule has 116 valence electrons. The van der Waals surface area contributed by atoms with E-state index in [1.165, 1.54) is 11.1 Å². The van der Waals surface area contributed by atoms with Crippen LogP contribution in [-0.2, 0) is 0 Å². The normalized spacial score (nSPS) is 12.6. The first-order chi connectivity index (χ1) is 11.1. The van der Waals surface area contributed by atoms with E-state index in [2.05, 4.69) is 48.3 Å². The predicted molar refractivity (Wildman–Crippen MR) is 99.9 cm³/mol. The fourth-order valence-electron chi connectivity index (χ4n) is 2.88. The Hall–Kier alpha value is -2.19. The molecule has 0 aliphatic heterocycles.